The molecule has 0 unspecified atom stereocenters. The van der Waals surface area contributed by atoms with Gasteiger partial charge in [-0.1, -0.05) is 6.58 Å². The van der Waals surface area contributed by atoms with E-state index in [9.17, 15) is 10.1 Å². The molecule has 0 radical (unpaired) electrons. The standard InChI is InChI=1S/C21H23N9O2/c1-3-6-24-29-12-18(26-19(13-29)16-7-17(20(23)31)28-27-16)14-10-25-30(11-14)21(4-5-22)8-15(9-21)32-2/h3,6-7,10-11,13,15H,1,4,8-9,12H2,2H3,(H2,23,31)(H,27,28)/b24-6-. The molecule has 4 rings (SSSR count). The maximum Gasteiger partial charge on any atom is 0.266 e. The Morgan fingerprint density at radius 2 is 2.38 bits per heavy atom. The highest BCUT2D eigenvalue weighted by atomic mass is 16.5. The van der Waals surface area contributed by atoms with Gasteiger partial charge >= 0.3 is 0 Å². The number of hydrogen-bond donors (Lipinski definition) is 2. The molecule has 164 valence electrons. The van der Waals surface area contributed by atoms with Gasteiger partial charge in [0.2, 0.25) is 0 Å². The zero-order chi connectivity index (χ0) is 22.7. The Labute approximate surface area is 184 Å². The Morgan fingerprint density at radius 1 is 1.56 bits per heavy atom. The number of primary amides is 1. The molecule has 1 saturated carbocycles. The van der Waals surface area contributed by atoms with Gasteiger partial charge < -0.3 is 10.5 Å². The van der Waals surface area contributed by atoms with Crippen LogP contribution in [-0.2, 0) is 10.3 Å². The van der Waals surface area contributed by atoms with E-state index in [1.807, 2.05) is 10.9 Å². The van der Waals surface area contributed by atoms with Gasteiger partial charge in [-0.15, -0.1) is 0 Å². The number of hydrazone groups is 1. The average molecular weight is 433 g/mol. The minimum absolute atomic E-state index is 0.125. The third-order valence-corrected chi connectivity index (χ3v) is 5.62. The van der Waals surface area contributed by atoms with Crippen LogP contribution in [0.4, 0.5) is 0 Å². The molecule has 1 amide bonds. The second-order valence-corrected chi connectivity index (χ2v) is 7.70. The van der Waals surface area contributed by atoms with E-state index in [-0.39, 0.29) is 17.3 Å². The van der Waals surface area contributed by atoms with E-state index in [0.717, 1.165) is 18.4 Å². The van der Waals surface area contributed by atoms with Gasteiger partial charge in [0, 0.05) is 25.1 Å². The molecule has 2 aromatic rings. The first-order valence-corrected chi connectivity index (χ1v) is 10.00. The number of aromatic nitrogens is 4. The molecular weight excluding hydrogens is 410 g/mol. The minimum atomic E-state index is -0.607. The SMILES string of the molecule is C=C/C=N\N1C=C(c2cc(C(N)=O)[nH]n2)N=C(c2cnn(C3(CC#N)CC(OC)C3)c2)C1. The van der Waals surface area contributed by atoms with Crippen molar-refractivity contribution in [2.75, 3.05) is 13.7 Å². The molecule has 0 atom stereocenters. The summed E-state index contributed by atoms with van der Waals surface area (Å²) >= 11 is 0. The predicted molar refractivity (Wildman–Crippen MR) is 117 cm³/mol. The van der Waals surface area contributed by atoms with Crippen LogP contribution in [0, 0.1) is 11.3 Å². The van der Waals surface area contributed by atoms with Crippen molar-refractivity contribution in [3.63, 3.8) is 0 Å². The van der Waals surface area contributed by atoms with Crippen molar-refractivity contribution in [1.29, 1.82) is 5.26 Å². The highest BCUT2D eigenvalue weighted by molar-refractivity contribution is 6.05. The summed E-state index contributed by atoms with van der Waals surface area (Å²) < 4.78 is 7.26. The summed E-state index contributed by atoms with van der Waals surface area (Å²) in [5.41, 5.74) is 7.63. The molecule has 0 bridgehead atoms. The van der Waals surface area contributed by atoms with Gasteiger partial charge in [0.05, 0.1) is 48.8 Å². The summed E-state index contributed by atoms with van der Waals surface area (Å²) in [7, 11) is 1.68. The topological polar surface area (TPSA) is 151 Å². The summed E-state index contributed by atoms with van der Waals surface area (Å²) in [6, 6.07) is 3.81. The van der Waals surface area contributed by atoms with Gasteiger partial charge in [0.25, 0.3) is 5.91 Å². The fourth-order valence-electron chi connectivity index (χ4n) is 3.86. The monoisotopic (exact) mass is 433 g/mol. The number of nitrogens with zero attached hydrogens (tertiary/aromatic N) is 7. The number of carbonyl (C=O) groups excluding carboxylic acids is 1. The molecule has 0 saturated heterocycles. The van der Waals surface area contributed by atoms with Gasteiger partial charge in [-0.05, 0) is 25.0 Å². The number of nitriles is 1. The van der Waals surface area contributed by atoms with Crippen molar-refractivity contribution in [2.24, 2.45) is 15.8 Å². The molecule has 1 aliphatic carbocycles. The van der Waals surface area contributed by atoms with Gasteiger partial charge in [-0.25, -0.2) is 4.99 Å². The summed E-state index contributed by atoms with van der Waals surface area (Å²) in [5.74, 6) is -0.607. The van der Waals surface area contributed by atoms with Gasteiger partial charge in [-0.3, -0.25) is 19.6 Å². The van der Waals surface area contributed by atoms with Crippen molar-refractivity contribution in [3.05, 3.63) is 54.3 Å². The Bertz CT molecular complexity index is 1160. The fraction of sp³-hybridized carbons (Fsp3) is 0.333. The molecule has 2 aromatic heterocycles. The van der Waals surface area contributed by atoms with Crippen molar-refractivity contribution < 1.29 is 9.53 Å². The normalized spacial score (nSPS) is 22.8. The summed E-state index contributed by atoms with van der Waals surface area (Å²) in [6.07, 6.45) is 10.4. The Hall–Kier alpha value is -4.04. The van der Waals surface area contributed by atoms with Gasteiger partial charge in [0.15, 0.2) is 0 Å². The van der Waals surface area contributed by atoms with E-state index in [1.54, 1.807) is 42.9 Å². The van der Waals surface area contributed by atoms with E-state index in [0.29, 0.717) is 30.1 Å². The molecule has 1 fully saturated rings. The second-order valence-electron chi connectivity index (χ2n) is 7.70. The van der Waals surface area contributed by atoms with Crippen molar-refractivity contribution in [3.8, 4) is 6.07 Å². The number of aliphatic imine (C=N–C) groups is 1. The van der Waals surface area contributed by atoms with Crippen LogP contribution in [-0.4, -0.2) is 62.6 Å². The van der Waals surface area contributed by atoms with Crippen LogP contribution < -0.4 is 5.73 Å². The number of amides is 1. The van der Waals surface area contributed by atoms with Gasteiger partial charge in [0.1, 0.15) is 17.1 Å². The van der Waals surface area contributed by atoms with E-state index in [4.69, 9.17) is 15.5 Å². The fourth-order valence-corrected chi connectivity index (χ4v) is 3.86. The molecule has 0 aromatic carbocycles. The Kier molecular flexibility index (Phi) is 5.70. The summed E-state index contributed by atoms with van der Waals surface area (Å²) in [6.45, 7) is 4.05. The molecule has 32 heavy (non-hydrogen) atoms. The first kappa shape index (κ1) is 21.2. The number of methoxy groups -OCH3 is 1. The van der Waals surface area contributed by atoms with Crippen molar-refractivity contribution >= 4 is 23.5 Å². The summed E-state index contributed by atoms with van der Waals surface area (Å²) in [4.78, 5) is 16.2. The summed E-state index contributed by atoms with van der Waals surface area (Å²) in [5, 5.41) is 26.7. The molecule has 2 aliphatic rings. The highest BCUT2D eigenvalue weighted by Crippen LogP contribution is 2.43. The van der Waals surface area contributed by atoms with Crippen LogP contribution >= 0.6 is 0 Å². The number of nitrogens with two attached hydrogens (primary N) is 1. The lowest BCUT2D eigenvalue weighted by Crippen LogP contribution is -2.50. The lowest BCUT2D eigenvalue weighted by atomic mass is 9.72. The van der Waals surface area contributed by atoms with Crippen LogP contribution in [0.2, 0.25) is 0 Å². The number of carbonyl (C=O) groups is 1. The number of allylic oxidation sites excluding steroid dienone is 1. The largest absolute Gasteiger partial charge is 0.381 e. The van der Waals surface area contributed by atoms with E-state index in [2.05, 4.69) is 33.0 Å². The Morgan fingerprint density at radius 3 is 3.03 bits per heavy atom. The number of nitrogens with one attached hydrogen (secondary N) is 1. The number of H-pyrrole nitrogens is 1. The molecule has 3 heterocycles. The van der Waals surface area contributed by atoms with Crippen LogP contribution in [0.1, 0.15) is 41.0 Å². The van der Waals surface area contributed by atoms with E-state index >= 15 is 0 Å². The minimum Gasteiger partial charge on any atom is -0.381 e. The average Bonchev–Trinajstić information content (AvgIpc) is 3.45. The molecular formula is C21H23N9O2. The van der Waals surface area contributed by atoms with Crippen LogP contribution in [0.3, 0.4) is 0 Å². The first-order chi connectivity index (χ1) is 15.5. The predicted octanol–water partition coefficient (Wildman–Crippen LogP) is 1.40. The molecule has 0 spiro atoms. The van der Waals surface area contributed by atoms with Crippen LogP contribution in [0.15, 0.2) is 47.4 Å². The van der Waals surface area contributed by atoms with Crippen molar-refractivity contribution in [1.82, 2.24) is 25.0 Å². The number of aromatic amines is 1. The third-order valence-electron chi connectivity index (χ3n) is 5.62. The molecule has 11 heteroatoms. The molecule has 1 aliphatic heterocycles. The van der Waals surface area contributed by atoms with E-state index in [1.165, 1.54) is 0 Å². The number of hydrogen-bond acceptors (Lipinski definition) is 8. The number of rotatable bonds is 8. The number of ether oxygens (including phenoxy) is 1. The lowest BCUT2D eigenvalue weighted by molar-refractivity contribution is -0.0542. The Balaban J connectivity index is 1.66. The van der Waals surface area contributed by atoms with Crippen molar-refractivity contribution in [2.45, 2.75) is 30.9 Å². The zero-order valence-corrected chi connectivity index (χ0v) is 17.6. The quantitative estimate of drug-likeness (QED) is 0.601. The third kappa shape index (κ3) is 3.95. The maximum absolute atomic E-state index is 11.4. The second kappa shape index (κ2) is 8.60. The van der Waals surface area contributed by atoms with Crippen LogP contribution in [0.5, 0.6) is 0 Å². The maximum atomic E-state index is 11.4. The first-order valence-electron chi connectivity index (χ1n) is 10.00. The van der Waals surface area contributed by atoms with Crippen LogP contribution in [0.25, 0.3) is 5.70 Å². The molecule has 11 nitrogen and oxygen atoms in total. The lowest BCUT2D eigenvalue weighted by Gasteiger charge is -2.45. The van der Waals surface area contributed by atoms with E-state index < -0.39 is 5.91 Å². The highest BCUT2D eigenvalue weighted by Gasteiger charge is 2.47. The molecule has 3 N–H and O–H groups in total. The zero-order valence-electron chi connectivity index (χ0n) is 17.6. The van der Waals surface area contributed by atoms with Gasteiger partial charge in [-0.2, -0.15) is 20.6 Å². The smallest absolute Gasteiger partial charge is 0.266 e.